The third-order valence-electron chi connectivity index (χ3n) is 2.80. The van der Waals surface area contributed by atoms with E-state index in [1.165, 1.54) is 12.1 Å². The number of halogens is 2. The van der Waals surface area contributed by atoms with Crippen molar-refractivity contribution in [3.05, 3.63) is 40.3 Å². The summed E-state index contributed by atoms with van der Waals surface area (Å²) in [7, 11) is 0. The lowest BCUT2D eigenvalue weighted by Crippen LogP contribution is -2.04. The maximum Gasteiger partial charge on any atom is 0.161 e. The second-order valence-corrected chi connectivity index (χ2v) is 4.39. The van der Waals surface area contributed by atoms with E-state index in [4.69, 9.17) is 17.3 Å². The van der Waals surface area contributed by atoms with Gasteiger partial charge in [-0.2, -0.15) is 0 Å². The van der Waals surface area contributed by atoms with Gasteiger partial charge in [-0.3, -0.25) is 0 Å². The number of benzene rings is 1. The lowest BCUT2D eigenvalue weighted by atomic mass is 10.1. The fourth-order valence-corrected chi connectivity index (χ4v) is 1.87. The topological polar surface area (TPSA) is 51.8 Å². The molecule has 94 valence electrons. The molecule has 2 rings (SSSR count). The molecule has 1 heterocycles. The van der Waals surface area contributed by atoms with Crippen LogP contribution in [0.25, 0.3) is 11.4 Å². The largest absolute Gasteiger partial charge is 0.383 e. The number of nitrogen functional groups attached to an aromatic ring is 1. The summed E-state index contributed by atoms with van der Waals surface area (Å²) in [6, 6.07) is 4.38. The molecular formula is C13H13ClFN3. The highest BCUT2D eigenvalue weighted by atomic mass is 35.5. The van der Waals surface area contributed by atoms with E-state index in [9.17, 15) is 4.39 Å². The highest BCUT2D eigenvalue weighted by molar-refractivity contribution is 6.31. The van der Waals surface area contributed by atoms with E-state index in [1.54, 1.807) is 6.07 Å². The minimum Gasteiger partial charge on any atom is -0.383 e. The summed E-state index contributed by atoms with van der Waals surface area (Å²) in [5, 5.41) is 0.0493. The first-order valence-corrected chi connectivity index (χ1v) is 5.99. The van der Waals surface area contributed by atoms with Crippen molar-refractivity contribution in [1.29, 1.82) is 0 Å². The highest BCUT2D eigenvalue weighted by Crippen LogP contribution is 2.24. The molecule has 0 atom stereocenters. The smallest absolute Gasteiger partial charge is 0.161 e. The second kappa shape index (κ2) is 4.90. The van der Waals surface area contributed by atoms with Gasteiger partial charge in [0.25, 0.3) is 0 Å². The standard InChI is InChI=1S/C13H13ClFN3/c1-3-11-7(2)12(16)18-13(17-11)8-4-5-10(15)9(14)6-8/h4-6H,3H2,1-2H3,(H2,16,17,18). The van der Waals surface area contributed by atoms with Gasteiger partial charge in [-0.1, -0.05) is 18.5 Å². The highest BCUT2D eigenvalue weighted by Gasteiger charge is 2.10. The number of hydrogen-bond donors (Lipinski definition) is 1. The van der Waals surface area contributed by atoms with Crippen molar-refractivity contribution in [2.24, 2.45) is 0 Å². The van der Waals surface area contributed by atoms with Crippen LogP contribution >= 0.6 is 11.6 Å². The molecule has 5 heteroatoms. The number of hydrogen-bond acceptors (Lipinski definition) is 3. The summed E-state index contributed by atoms with van der Waals surface area (Å²) in [6.45, 7) is 3.88. The first-order chi connectivity index (χ1) is 8.52. The van der Waals surface area contributed by atoms with E-state index < -0.39 is 5.82 Å². The van der Waals surface area contributed by atoms with E-state index in [1.807, 2.05) is 13.8 Å². The van der Waals surface area contributed by atoms with Gasteiger partial charge < -0.3 is 5.73 Å². The molecule has 0 bridgehead atoms. The van der Waals surface area contributed by atoms with Gasteiger partial charge in [0.1, 0.15) is 11.6 Å². The number of aromatic nitrogens is 2. The normalized spacial score (nSPS) is 10.7. The Morgan fingerprint density at radius 2 is 2.06 bits per heavy atom. The van der Waals surface area contributed by atoms with Gasteiger partial charge in [0.2, 0.25) is 0 Å². The minimum absolute atomic E-state index is 0.0493. The fraction of sp³-hybridized carbons (Fsp3) is 0.231. The Bertz CT molecular complexity index is 599. The van der Waals surface area contributed by atoms with Crippen LogP contribution in [0.2, 0.25) is 5.02 Å². The Hall–Kier alpha value is -1.68. The van der Waals surface area contributed by atoms with E-state index in [2.05, 4.69) is 9.97 Å². The predicted octanol–water partition coefficient (Wildman–Crippen LogP) is 3.39. The fourth-order valence-electron chi connectivity index (χ4n) is 1.69. The Morgan fingerprint density at radius 1 is 1.33 bits per heavy atom. The van der Waals surface area contributed by atoms with Crippen molar-refractivity contribution >= 4 is 17.4 Å². The molecular weight excluding hydrogens is 253 g/mol. The van der Waals surface area contributed by atoms with E-state index in [0.717, 1.165) is 17.7 Å². The van der Waals surface area contributed by atoms with Crippen LogP contribution in [0.4, 0.5) is 10.2 Å². The quantitative estimate of drug-likeness (QED) is 0.906. The van der Waals surface area contributed by atoms with Crippen LogP contribution in [-0.2, 0) is 6.42 Å². The first-order valence-electron chi connectivity index (χ1n) is 5.61. The molecule has 0 aliphatic carbocycles. The predicted molar refractivity (Wildman–Crippen MR) is 71.0 cm³/mol. The minimum atomic E-state index is -0.462. The van der Waals surface area contributed by atoms with Crippen LogP contribution in [0, 0.1) is 12.7 Å². The summed E-state index contributed by atoms with van der Waals surface area (Å²) in [6.07, 6.45) is 0.764. The number of nitrogens with zero attached hydrogens (tertiary/aromatic N) is 2. The van der Waals surface area contributed by atoms with Gasteiger partial charge in [0.05, 0.1) is 5.02 Å². The van der Waals surface area contributed by atoms with Gasteiger partial charge in [-0.05, 0) is 31.5 Å². The molecule has 0 saturated heterocycles. The Labute approximate surface area is 110 Å². The SMILES string of the molecule is CCc1nc(-c2ccc(F)c(Cl)c2)nc(N)c1C. The van der Waals surface area contributed by atoms with Crippen molar-refractivity contribution < 1.29 is 4.39 Å². The lowest BCUT2D eigenvalue weighted by Gasteiger charge is -2.09. The van der Waals surface area contributed by atoms with Crippen LogP contribution in [0.1, 0.15) is 18.2 Å². The Morgan fingerprint density at radius 3 is 2.67 bits per heavy atom. The molecule has 0 aliphatic heterocycles. The Balaban J connectivity index is 2.57. The van der Waals surface area contributed by atoms with Gasteiger partial charge >= 0.3 is 0 Å². The molecule has 0 aliphatic rings. The van der Waals surface area contributed by atoms with Crippen LogP contribution < -0.4 is 5.73 Å². The maximum atomic E-state index is 13.1. The lowest BCUT2D eigenvalue weighted by molar-refractivity contribution is 0.628. The van der Waals surface area contributed by atoms with Crippen molar-refractivity contribution in [2.75, 3.05) is 5.73 Å². The number of aryl methyl sites for hydroxylation is 1. The number of rotatable bonds is 2. The monoisotopic (exact) mass is 265 g/mol. The first kappa shape index (κ1) is 12.8. The summed E-state index contributed by atoms with van der Waals surface area (Å²) in [5.74, 6) is 0.449. The van der Waals surface area contributed by atoms with Crippen LogP contribution in [0.15, 0.2) is 18.2 Å². The van der Waals surface area contributed by atoms with E-state index in [-0.39, 0.29) is 5.02 Å². The average molecular weight is 266 g/mol. The molecule has 1 aromatic heterocycles. The third-order valence-corrected chi connectivity index (χ3v) is 3.09. The number of nitrogens with two attached hydrogens (primary N) is 1. The summed E-state index contributed by atoms with van der Waals surface area (Å²) >= 11 is 5.75. The number of anilines is 1. The Kier molecular flexibility index (Phi) is 3.48. The molecule has 2 N–H and O–H groups in total. The zero-order valence-corrected chi connectivity index (χ0v) is 10.9. The van der Waals surface area contributed by atoms with Gasteiger partial charge in [0, 0.05) is 16.8 Å². The molecule has 0 spiro atoms. The molecule has 0 fully saturated rings. The summed E-state index contributed by atoms with van der Waals surface area (Å²) < 4.78 is 13.1. The molecule has 18 heavy (non-hydrogen) atoms. The average Bonchev–Trinajstić information content (AvgIpc) is 2.36. The van der Waals surface area contributed by atoms with Crippen LogP contribution in [-0.4, -0.2) is 9.97 Å². The van der Waals surface area contributed by atoms with Crippen molar-refractivity contribution in [1.82, 2.24) is 9.97 Å². The third kappa shape index (κ3) is 2.29. The van der Waals surface area contributed by atoms with Gasteiger partial charge in [-0.15, -0.1) is 0 Å². The van der Waals surface area contributed by atoms with Crippen molar-refractivity contribution in [3.8, 4) is 11.4 Å². The summed E-state index contributed by atoms with van der Waals surface area (Å²) in [5.41, 5.74) is 8.27. The molecule has 0 saturated carbocycles. The van der Waals surface area contributed by atoms with Crippen LogP contribution in [0.5, 0.6) is 0 Å². The van der Waals surface area contributed by atoms with Crippen molar-refractivity contribution in [3.63, 3.8) is 0 Å². The maximum absolute atomic E-state index is 13.1. The molecule has 3 nitrogen and oxygen atoms in total. The van der Waals surface area contributed by atoms with Crippen molar-refractivity contribution in [2.45, 2.75) is 20.3 Å². The molecule has 0 unspecified atom stereocenters. The molecule has 2 aromatic rings. The zero-order valence-electron chi connectivity index (χ0n) is 10.2. The summed E-state index contributed by atoms with van der Waals surface area (Å²) in [4.78, 5) is 8.63. The molecule has 0 amide bonds. The zero-order chi connectivity index (χ0) is 13.3. The van der Waals surface area contributed by atoms with Crippen LogP contribution in [0.3, 0.4) is 0 Å². The molecule has 0 radical (unpaired) electrons. The second-order valence-electron chi connectivity index (χ2n) is 3.99. The van der Waals surface area contributed by atoms with E-state index in [0.29, 0.717) is 17.2 Å². The van der Waals surface area contributed by atoms with Gasteiger partial charge in [0.15, 0.2) is 5.82 Å². The van der Waals surface area contributed by atoms with E-state index >= 15 is 0 Å². The molecule has 1 aromatic carbocycles. The van der Waals surface area contributed by atoms with Gasteiger partial charge in [-0.25, -0.2) is 14.4 Å².